The summed E-state index contributed by atoms with van der Waals surface area (Å²) in [4.78, 5) is 21.2. The topological polar surface area (TPSA) is 57.7 Å². The monoisotopic (exact) mass is 332 g/mol. The van der Waals surface area contributed by atoms with Crippen LogP contribution in [0.5, 0.6) is 0 Å². The van der Waals surface area contributed by atoms with Crippen molar-refractivity contribution in [1.29, 1.82) is 0 Å². The molecule has 1 N–H and O–H groups in total. The van der Waals surface area contributed by atoms with E-state index in [-0.39, 0.29) is 5.91 Å². The fraction of sp³-hybridized carbons (Fsp3) is 0.667. The SMILES string of the molecule is CC1CCCN(C(=O)c2cncc(NCCN3CCOCC3)c2)C1. The number of nitrogens with one attached hydrogen (secondary N) is 1. The van der Waals surface area contributed by atoms with Crippen LogP contribution in [0.1, 0.15) is 30.1 Å². The fourth-order valence-corrected chi connectivity index (χ4v) is 3.39. The first-order valence-corrected chi connectivity index (χ1v) is 9.00. The Morgan fingerprint density at radius 3 is 2.96 bits per heavy atom. The van der Waals surface area contributed by atoms with Crippen LogP contribution in [0.15, 0.2) is 18.5 Å². The first-order valence-electron chi connectivity index (χ1n) is 9.00. The molecule has 132 valence electrons. The number of pyridine rings is 1. The molecule has 1 unspecified atom stereocenters. The molecule has 24 heavy (non-hydrogen) atoms. The summed E-state index contributed by atoms with van der Waals surface area (Å²) >= 11 is 0. The highest BCUT2D eigenvalue weighted by molar-refractivity contribution is 5.94. The predicted molar refractivity (Wildman–Crippen MR) is 94.3 cm³/mol. The molecule has 6 nitrogen and oxygen atoms in total. The Bertz CT molecular complexity index is 546. The quantitative estimate of drug-likeness (QED) is 0.889. The van der Waals surface area contributed by atoms with Crippen molar-refractivity contribution < 1.29 is 9.53 Å². The summed E-state index contributed by atoms with van der Waals surface area (Å²) in [6.07, 6.45) is 5.77. The molecular weight excluding hydrogens is 304 g/mol. The molecule has 6 heteroatoms. The molecular formula is C18H28N4O2. The van der Waals surface area contributed by atoms with Gasteiger partial charge in [-0.2, -0.15) is 0 Å². The second-order valence-corrected chi connectivity index (χ2v) is 6.84. The van der Waals surface area contributed by atoms with Gasteiger partial charge in [0.1, 0.15) is 0 Å². The third-order valence-corrected chi connectivity index (χ3v) is 4.79. The van der Waals surface area contributed by atoms with E-state index in [4.69, 9.17) is 4.74 Å². The average Bonchev–Trinajstić information content (AvgIpc) is 2.62. The van der Waals surface area contributed by atoms with Gasteiger partial charge in [0, 0.05) is 51.7 Å². The summed E-state index contributed by atoms with van der Waals surface area (Å²) in [5.41, 5.74) is 1.60. The molecule has 2 aliphatic rings. The normalized spacial score (nSPS) is 22.4. The number of anilines is 1. The first-order chi connectivity index (χ1) is 11.7. The van der Waals surface area contributed by atoms with E-state index in [0.717, 1.165) is 64.6 Å². The Morgan fingerprint density at radius 1 is 1.33 bits per heavy atom. The van der Waals surface area contributed by atoms with E-state index >= 15 is 0 Å². The van der Waals surface area contributed by atoms with Gasteiger partial charge in [-0.3, -0.25) is 14.7 Å². The van der Waals surface area contributed by atoms with E-state index in [0.29, 0.717) is 11.5 Å². The van der Waals surface area contributed by atoms with Crippen molar-refractivity contribution in [3.05, 3.63) is 24.0 Å². The van der Waals surface area contributed by atoms with Gasteiger partial charge in [-0.15, -0.1) is 0 Å². The zero-order valence-corrected chi connectivity index (χ0v) is 14.5. The number of morpholine rings is 1. The zero-order chi connectivity index (χ0) is 16.8. The molecule has 0 aliphatic carbocycles. The van der Waals surface area contributed by atoms with Crippen LogP contribution in [0.4, 0.5) is 5.69 Å². The van der Waals surface area contributed by atoms with E-state index in [1.165, 1.54) is 6.42 Å². The number of amides is 1. The number of likely N-dealkylation sites (tertiary alicyclic amines) is 1. The van der Waals surface area contributed by atoms with Crippen LogP contribution >= 0.6 is 0 Å². The lowest BCUT2D eigenvalue weighted by molar-refractivity contribution is 0.0398. The van der Waals surface area contributed by atoms with Crippen LogP contribution in [0.2, 0.25) is 0 Å². The lowest BCUT2D eigenvalue weighted by atomic mass is 10.00. The van der Waals surface area contributed by atoms with Crippen molar-refractivity contribution in [3.8, 4) is 0 Å². The smallest absolute Gasteiger partial charge is 0.255 e. The van der Waals surface area contributed by atoms with Crippen molar-refractivity contribution in [3.63, 3.8) is 0 Å². The third kappa shape index (κ3) is 4.68. The molecule has 0 bridgehead atoms. The maximum atomic E-state index is 12.7. The Hall–Kier alpha value is -1.66. The standard InChI is InChI=1S/C18H28N4O2/c1-15-3-2-5-22(14-15)18(23)16-11-17(13-19-12-16)20-4-6-21-7-9-24-10-8-21/h11-13,15,20H,2-10,14H2,1H3. The highest BCUT2D eigenvalue weighted by Gasteiger charge is 2.22. The Labute approximate surface area is 144 Å². The molecule has 1 aromatic heterocycles. The number of ether oxygens (including phenoxy) is 1. The van der Waals surface area contributed by atoms with Crippen molar-refractivity contribution >= 4 is 11.6 Å². The number of aromatic nitrogens is 1. The minimum Gasteiger partial charge on any atom is -0.382 e. The van der Waals surface area contributed by atoms with Gasteiger partial charge in [0.25, 0.3) is 5.91 Å². The molecule has 0 spiro atoms. The molecule has 2 fully saturated rings. The third-order valence-electron chi connectivity index (χ3n) is 4.79. The predicted octanol–water partition coefficient (Wildman–Crippen LogP) is 1.70. The Morgan fingerprint density at radius 2 is 2.17 bits per heavy atom. The number of carbonyl (C=O) groups excluding carboxylic acids is 1. The van der Waals surface area contributed by atoms with Gasteiger partial charge in [0.05, 0.1) is 24.5 Å². The molecule has 1 amide bonds. The summed E-state index contributed by atoms with van der Waals surface area (Å²) in [6, 6.07) is 1.92. The van der Waals surface area contributed by atoms with Crippen molar-refractivity contribution in [2.45, 2.75) is 19.8 Å². The maximum Gasteiger partial charge on any atom is 0.255 e. The lowest BCUT2D eigenvalue weighted by Gasteiger charge is -2.31. The van der Waals surface area contributed by atoms with E-state index in [2.05, 4.69) is 22.1 Å². The van der Waals surface area contributed by atoms with E-state index in [1.807, 2.05) is 11.0 Å². The maximum absolute atomic E-state index is 12.7. The summed E-state index contributed by atoms with van der Waals surface area (Å²) in [5, 5.41) is 3.38. The highest BCUT2D eigenvalue weighted by atomic mass is 16.5. The Kier molecular flexibility index (Phi) is 6.04. The first kappa shape index (κ1) is 17.2. The van der Waals surface area contributed by atoms with Gasteiger partial charge >= 0.3 is 0 Å². The second-order valence-electron chi connectivity index (χ2n) is 6.84. The molecule has 1 atom stereocenters. The molecule has 0 aromatic carbocycles. The van der Waals surface area contributed by atoms with Crippen LogP contribution in [-0.4, -0.2) is 73.2 Å². The van der Waals surface area contributed by atoms with Gasteiger partial charge in [-0.25, -0.2) is 0 Å². The zero-order valence-electron chi connectivity index (χ0n) is 14.5. The number of carbonyl (C=O) groups is 1. The second kappa shape index (κ2) is 8.44. The van der Waals surface area contributed by atoms with Crippen LogP contribution in [0.25, 0.3) is 0 Å². The van der Waals surface area contributed by atoms with Crippen LogP contribution in [-0.2, 0) is 4.74 Å². The van der Waals surface area contributed by atoms with Crippen molar-refractivity contribution in [1.82, 2.24) is 14.8 Å². The molecule has 0 radical (unpaired) electrons. The van der Waals surface area contributed by atoms with E-state index in [1.54, 1.807) is 12.4 Å². The molecule has 2 aliphatic heterocycles. The van der Waals surface area contributed by atoms with Gasteiger partial charge in [0.2, 0.25) is 0 Å². The molecule has 3 rings (SSSR count). The average molecular weight is 332 g/mol. The van der Waals surface area contributed by atoms with E-state index in [9.17, 15) is 4.79 Å². The van der Waals surface area contributed by atoms with Crippen LogP contribution in [0, 0.1) is 5.92 Å². The molecule has 1 aromatic rings. The molecule has 2 saturated heterocycles. The summed E-state index contributed by atoms with van der Waals surface area (Å²) < 4.78 is 5.36. The summed E-state index contributed by atoms with van der Waals surface area (Å²) in [5.74, 6) is 0.691. The number of hydrogen-bond acceptors (Lipinski definition) is 5. The number of rotatable bonds is 5. The largest absolute Gasteiger partial charge is 0.382 e. The minimum absolute atomic E-state index is 0.103. The Balaban J connectivity index is 1.52. The minimum atomic E-state index is 0.103. The summed E-state index contributed by atoms with van der Waals surface area (Å²) in [6.45, 7) is 9.37. The van der Waals surface area contributed by atoms with E-state index < -0.39 is 0 Å². The van der Waals surface area contributed by atoms with Crippen LogP contribution < -0.4 is 5.32 Å². The summed E-state index contributed by atoms with van der Waals surface area (Å²) in [7, 11) is 0. The van der Waals surface area contributed by atoms with Crippen LogP contribution in [0.3, 0.4) is 0 Å². The molecule has 0 saturated carbocycles. The van der Waals surface area contributed by atoms with Crippen molar-refractivity contribution in [2.24, 2.45) is 5.92 Å². The highest BCUT2D eigenvalue weighted by Crippen LogP contribution is 2.18. The van der Waals surface area contributed by atoms with Gasteiger partial charge in [0.15, 0.2) is 0 Å². The lowest BCUT2D eigenvalue weighted by Crippen LogP contribution is -2.39. The number of hydrogen-bond donors (Lipinski definition) is 1. The fourth-order valence-electron chi connectivity index (χ4n) is 3.39. The van der Waals surface area contributed by atoms with Gasteiger partial charge in [-0.1, -0.05) is 6.92 Å². The number of piperidine rings is 1. The molecule has 3 heterocycles. The van der Waals surface area contributed by atoms with Gasteiger partial charge < -0.3 is 15.0 Å². The van der Waals surface area contributed by atoms with Crippen molar-refractivity contribution in [2.75, 3.05) is 57.8 Å². The van der Waals surface area contributed by atoms with Gasteiger partial charge in [-0.05, 0) is 24.8 Å². The number of nitrogens with zero attached hydrogens (tertiary/aromatic N) is 3.